The van der Waals surface area contributed by atoms with Crippen molar-refractivity contribution in [1.82, 2.24) is 0 Å². The van der Waals surface area contributed by atoms with Crippen molar-refractivity contribution >= 4 is 5.97 Å². The molecular formula is C14H24O2. The zero-order valence-corrected chi connectivity index (χ0v) is 11.2. The van der Waals surface area contributed by atoms with Crippen LogP contribution in [0.5, 0.6) is 0 Å². The lowest BCUT2D eigenvalue weighted by molar-refractivity contribution is -0.147. The summed E-state index contributed by atoms with van der Waals surface area (Å²) in [4.78, 5) is 11.8. The highest BCUT2D eigenvalue weighted by atomic mass is 16.5. The highest BCUT2D eigenvalue weighted by molar-refractivity contribution is 5.73. The number of rotatable bonds is 1. The first-order valence-corrected chi connectivity index (χ1v) is 6.44. The summed E-state index contributed by atoms with van der Waals surface area (Å²) in [6.45, 7) is 9.34. The van der Waals surface area contributed by atoms with E-state index in [4.69, 9.17) is 4.74 Å². The molecule has 0 aliphatic heterocycles. The van der Waals surface area contributed by atoms with Gasteiger partial charge in [-0.3, -0.25) is 4.79 Å². The monoisotopic (exact) mass is 224 g/mol. The molecule has 0 N–H and O–H groups in total. The molecule has 0 heterocycles. The number of methoxy groups -OCH3 is 1. The summed E-state index contributed by atoms with van der Waals surface area (Å²) in [5, 5.41) is 0. The van der Waals surface area contributed by atoms with Gasteiger partial charge in [0.25, 0.3) is 0 Å². The van der Waals surface area contributed by atoms with Crippen LogP contribution in [0.15, 0.2) is 0 Å². The zero-order valence-electron chi connectivity index (χ0n) is 11.2. The normalized spacial score (nSPS) is 51.4. The standard InChI is InChI=1S/C14H24O2/c1-9-6-7-13(3)10(2)11(12(15)16-5)8-14(9,13)4/h9-11H,6-8H2,1-5H3/t9-,10-,11+,13+,14+/m1/s1. The van der Waals surface area contributed by atoms with E-state index in [9.17, 15) is 4.79 Å². The van der Waals surface area contributed by atoms with Crippen molar-refractivity contribution in [2.75, 3.05) is 7.11 Å². The van der Waals surface area contributed by atoms with Crippen LogP contribution in [0, 0.1) is 28.6 Å². The van der Waals surface area contributed by atoms with E-state index in [0.29, 0.717) is 16.7 Å². The number of esters is 1. The predicted molar refractivity (Wildman–Crippen MR) is 63.9 cm³/mol. The number of carbonyl (C=O) groups excluding carboxylic acids is 1. The fourth-order valence-corrected chi connectivity index (χ4v) is 4.38. The van der Waals surface area contributed by atoms with Crippen LogP contribution in [0.2, 0.25) is 0 Å². The van der Waals surface area contributed by atoms with Crippen LogP contribution < -0.4 is 0 Å². The van der Waals surface area contributed by atoms with Gasteiger partial charge in [-0.05, 0) is 41.9 Å². The fraction of sp³-hybridized carbons (Fsp3) is 0.929. The lowest BCUT2D eigenvalue weighted by Crippen LogP contribution is -2.34. The van der Waals surface area contributed by atoms with Crippen molar-refractivity contribution in [3.05, 3.63) is 0 Å². The van der Waals surface area contributed by atoms with Crippen LogP contribution in [0.1, 0.15) is 47.0 Å². The Labute approximate surface area is 98.7 Å². The van der Waals surface area contributed by atoms with Gasteiger partial charge in [0.2, 0.25) is 0 Å². The predicted octanol–water partition coefficient (Wildman–Crippen LogP) is 3.26. The highest BCUT2D eigenvalue weighted by Gasteiger charge is 2.63. The number of carbonyl (C=O) groups is 1. The van der Waals surface area contributed by atoms with Crippen molar-refractivity contribution in [2.45, 2.75) is 47.0 Å². The average Bonchev–Trinajstić information content (AvgIpc) is 2.61. The summed E-state index contributed by atoms with van der Waals surface area (Å²) in [7, 11) is 1.51. The van der Waals surface area contributed by atoms with Gasteiger partial charge < -0.3 is 4.74 Å². The molecule has 5 atom stereocenters. The zero-order chi connectivity index (χ0) is 12.1. The smallest absolute Gasteiger partial charge is 0.308 e. The molecule has 0 saturated heterocycles. The van der Waals surface area contributed by atoms with Crippen molar-refractivity contribution in [3.8, 4) is 0 Å². The van der Waals surface area contributed by atoms with Crippen LogP contribution in [-0.4, -0.2) is 13.1 Å². The maximum Gasteiger partial charge on any atom is 0.308 e. The molecule has 0 spiro atoms. The Morgan fingerprint density at radius 2 is 1.88 bits per heavy atom. The maximum absolute atomic E-state index is 11.8. The van der Waals surface area contributed by atoms with Gasteiger partial charge in [0.05, 0.1) is 13.0 Å². The Hall–Kier alpha value is -0.530. The molecule has 0 aromatic carbocycles. The van der Waals surface area contributed by atoms with Crippen LogP contribution >= 0.6 is 0 Å². The molecule has 0 aromatic rings. The summed E-state index contributed by atoms with van der Waals surface area (Å²) >= 11 is 0. The topological polar surface area (TPSA) is 26.3 Å². The summed E-state index contributed by atoms with van der Waals surface area (Å²) < 4.78 is 4.96. The van der Waals surface area contributed by atoms with Crippen molar-refractivity contribution in [3.63, 3.8) is 0 Å². The molecule has 0 bridgehead atoms. The number of hydrogen-bond acceptors (Lipinski definition) is 2. The largest absolute Gasteiger partial charge is 0.469 e. The van der Waals surface area contributed by atoms with Crippen LogP contribution in [0.25, 0.3) is 0 Å². The summed E-state index contributed by atoms with van der Waals surface area (Å²) in [6.07, 6.45) is 3.59. The molecule has 2 aliphatic rings. The van der Waals surface area contributed by atoms with Crippen molar-refractivity contribution in [2.24, 2.45) is 28.6 Å². The third-order valence-electron chi connectivity index (χ3n) is 6.25. The Morgan fingerprint density at radius 1 is 1.25 bits per heavy atom. The summed E-state index contributed by atoms with van der Waals surface area (Å²) in [6, 6.07) is 0. The number of fused-ring (bicyclic) bond motifs is 1. The lowest BCUT2D eigenvalue weighted by atomic mass is 9.65. The van der Waals surface area contributed by atoms with Gasteiger partial charge in [0, 0.05) is 0 Å². The molecule has 2 aliphatic carbocycles. The van der Waals surface area contributed by atoms with Gasteiger partial charge in [0.1, 0.15) is 0 Å². The van der Waals surface area contributed by atoms with E-state index in [1.54, 1.807) is 0 Å². The van der Waals surface area contributed by atoms with E-state index in [2.05, 4.69) is 27.7 Å². The molecule has 2 heteroatoms. The van der Waals surface area contributed by atoms with E-state index in [1.807, 2.05) is 0 Å². The van der Waals surface area contributed by atoms with E-state index in [1.165, 1.54) is 20.0 Å². The van der Waals surface area contributed by atoms with Gasteiger partial charge >= 0.3 is 5.97 Å². The van der Waals surface area contributed by atoms with Gasteiger partial charge in [-0.2, -0.15) is 0 Å². The van der Waals surface area contributed by atoms with Crippen LogP contribution in [0.3, 0.4) is 0 Å². The first kappa shape index (κ1) is 11.9. The van der Waals surface area contributed by atoms with Crippen molar-refractivity contribution < 1.29 is 9.53 Å². The van der Waals surface area contributed by atoms with Crippen LogP contribution in [-0.2, 0) is 9.53 Å². The quantitative estimate of drug-likeness (QED) is 0.639. The molecule has 2 nitrogen and oxygen atoms in total. The Bertz CT molecular complexity index is 310. The summed E-state index contributed by atoms with van der Waals surface area (Å²) in [5.74, 6) is 1.30. The van der Waals surface area contributed by atoms with Gasteiger partial charge in [-0.25, -0.2) is 0 Å². The molecule has 2 saturated carbocycles. The van der Waals surface area contributed by atoms with Gasteiger partial charge in [-0.1, -0.05) is 27.7 Å². The van der Waals surface area contributed by atoms with Crippen molar-refractivity contribution in [1.29, 1.82) is 0 Å². The maximum atomic E-state index is 11.8. The molecule has 0 radical (unpaired) electrons. The average molecular weight is 224 g/mol. The second-order valence-electron chi connectivity index (χ2n) is 6.40. The van der Waals surface area contributed by atoms with E-state index in [0.717, 1.165) is 12.3 Å². The third-order valence-corrected chi connectivity index (χ3v) is 6.25. The van der Waals surface area contributed by atoms with Gasteiger partial charge in [-0.15, -0.1) is 0 Å². The number of hydrogen-bond donors (Lipinski definition) is 0. The fourth-order valence-electron chi connectivity index (χ4n) is 4.38. The molecular weight excluding hydrogens is 200 g/mol. The van der Waals surface area contributed by atoms with E-state index < -0.39 is 0 Å². The summed E-state index contributed by atoms with van der Waals surface area (Å²) in [5.41, 5.74) is 0.649. The minimum atomic E-state index is -0.00319. The second kappa shape index (κ2) is 3.48. The highest BCUT2D eigenvalue weighted by Crippen LogP contribution is 2.68. The SMILES string of the molecule is COC(=O)[C@H]1C[C@@]2(C)[C@H](C)CC[C@@]2(C)[C@@H]1C. The van der Waals surface area contributed by atoms with E-state index in [-0.39, 0.29) is 11.9 Å². The second-order valence-corrected chi connectivity index (χ2v) is 6.40. The van der Waals surface area contributed by atoms with Gasteiger partial charge in [0.15, 0.2) is 0 Å². The third kappa shape index (κ3) is 1.22. The van der Waals surface area contributed by atoms with Crippen LogP contribution in [0.4, 0.5) is 0 Å². The molecule has 0 amide bonds. The first-order chi connectivity index (χ1) is 7.37. The molecule has 0 unspecified atom stereocenters. The Balaban J connectivity index is 2.33. The first-order valence-electron chi connectivity index (χ1n) is 6.44. The minimum absolute atomic E-state index is 0.00319. The molecule has 2 fully saturated rings. The van der Waals surface area contributed by atoms with E-state index >= 15 is 0 Å². The lowest BCUT2D eigenvalue weighted by Gasteiger charge is -2.40. The molecule has 16 heavy (non-hydrogen) atoms. The minimum Gasteiger partial charge on any atom is -0.469 e. The molecule has 92 valence electrons. The molecule has 0 aromatic heterocycles. The Morgan fingerprint density at radius 3 is 2.38 bits per heavy atom. The number of ether oxygens (including phenoxy) is 1. The molecule has 2 rings (SSSR count). The Kier molecular flexibility index (Phi) is 2.60.